The van der Waals surface area contributed by atoms with Crippen molar-refractivity contribution in [3.8, 4) is 0 Å². The highest BCUT2D eigenvalue weighted by atomic mass is 19.4. The lowest BCUT2D eigenvalue weighted by atomic mass is 9.97. The lowest BCUT2D eigenvalue weighted by molar-refractivity contribution is -0.139. The van der Waals surface area contributed by atoms with Crippen LogP contribution in [0.15, 0.2) is 12.1 Å². The molecular weight excluding hydrogens is 370 g/mol. The van der Waals surface area contributed by atoms with Crippen molar-refractivity contribution in [3.05, 3.63) is 23.5 Å². The molecule has 1 aromatic rings. The van der Waals surface area contributed by atoms with Gasteiger partial charge in [0, 0.05) is 12.7 Å². The van der Waals surface area contributed by atoms with Gasteiger partial charge in [-0.1, -0.05) is 0 Å². The van der Waals surface area contributed by atoms with Gasteiger partial charge in [0.25, 0.3) is 0 Å². The fraction of sp³-hybridized carbons (Fsp3) is 0.529. The fourth-order valence-corrected chi connectivity index (χ4v) is 2.15. The summed E-state index contributed by atoms with van der Waals surface area (Å²) in [6.07, 6.45) is -5.42. The monoisotopic (exact) mass is 393 g/mol. The largest absolute Gasteiger partial charge is 0.444 e. The maximum atomic E-state index is 14.3. The van der Waals surface area contributed by atoms with Crippen molar-refractivity contribution in [2.45, 2.75) is 45.4 Å². The van der Waals surface area contributed by atoms with Gasteiger partial charge in [-0.25, -0.2) is 9.18 Å². The highest BCUT2D eigenvalue weighted by molar-refractivity contribution is 5.88. The Hall–Kier alpha value is -2.52. The number of rotatable bonds is 5. The van der Waals surface area contributed by atoms with Crippen LogP contribution in [0.5, 0.6) is 0 Å². The van der Waals surface area contributed by atoms with E-state index in [1.54, 1.807) is 26.1 Å². The molecule has 10 heteroatoms. The van der Waals surface area contributed by atoms with Gasteiger partial charge in [-0.2, -0.15) is 13.2 Å². The molecular formula is C17H23F4N3O3. The first-order valence-corrected chi connectivity index (χ1v) is 8.09. The van der Waals surface area contributed by atoms with Gasteiger partial charge in [0.15, 0.2) is 0 Å². The molecule has 0 bridgehead atoms. The number of benzene rings is 1. The molecule has 3 N–H and O–H groups in total. The van der Waals surface area contributed by atoms with Gasteiger partial charge in [-0.05, 0) is 45.4 Å². The Morgan fingerprint density at radius 2 is 1.74 bits per heavy atom. The van der Waals surface area contributed by atoms with Gasteiger partial charge in [-0.3, -0.25) is 10.1 Å². The molecule has 0 radical (unpaired) electrons. The summed E-state index contributed by atoms with van der Waals surface area (Å²) in [4.78, 5) is 23.7. The van der Waals surface area contributed by atoms with Crippen LogP contribution in [0.4, 0.5) is 33.7 Å². The van der Waals surface area contributed by atoms with E-state index in [9.17, 15) is 27.2 Å². The molecule has 0 heterocycles. The van der Waals surface area contributed by atoms with Crippen molar-refractivity contribution in [1.29, 1.82) is 0 Å². The third-order valence-electron chi connectivity index (χ3n) is 3.37. The SMILES string of the molecule is CNc1cc(NC(=O)OC(C)(C)C)c(F)cc1C(C)C(=O)NCC(F)(F)F. The van der Waals surface area contributed by atoms with Crippen LogP contribution in [-0.4, -0.2) is 37.4 Å². The van der Waals surface area contributed by atoms with Crippen LogP contribution in [0.3, 0.4) is 0 Å². The summed E-state index contributed by atoms with van der Waals surface area (Å²) in [6, 6.07) is 2.22. The predicted molar refractivity (Wildman–Crippen MR) is 93.3 cm³/mol. The van der Waals surface area contributed by atoms with Gasteiger partial charge in [-0.15, -0.1) is 0 Å². The average molecular weight is 393 g/mol. The molecule has 0 spiro atoms. The standard InChI is InChI=1S/C17H23F4N3O3/c1-9(14(25)23-8-17(19,20)21)10-6-11(18)13(7-12(10)22-5)24-15(26)27-16(2,3)4/h6-7,9,22H,8H2,1-5H3,(H,23,25)(H,24,26). The quantitative estimate of drug-likeness (QED) is 0.661. The van der Waals surface area contributed by atoms with E-state index in [0.29, 0.717) is 0 Å². The second-order valence-corrected chi connectivity index (χ2v) is 6.85. The van der Waals surface area contributed by atoms with Gasteiger partial charge >= 0.3 is 12.3 Å². The van der Waals surface area contributed by atoms with Gasteiger partial charge in [0.05, 0.1) is 11.6 Å². The maximum absolute atomic E-state index is 14.3. The number of hydrogen-bond donors (Lipinski definition) is 3. The summed E-state index contributed by atoms with van der Waals surface area (Å²) in [5.74, 6) is -2.82. The van der Waals surface area contributed by atoms with Crippen molar-refractivity contribution in [3.63, 3.8) is 0 Å². The third-order valence-corrected chi connectivity index (χ3v) is 3.37. The van der Waals surface area contributed by atoms with E-state index in [0.717, 1.165) is 6.07 Å². The van der Waals surface area contributed by atoms with Crippen LogP contribution in [0.1, 0.15) is 39.2 Å². The molecule has 1 aromatic carbocycles. The summed E-state index contributed by atoms with van der Waals surface area (Å²) in [6.45, 7) is 4.80. The van der Waals surface area contributed by atoms with E-state index in [4.69, 9.17) is 4.74 Å². The molecule has 0 saturated carbocycles. The molecule has 0 aliphatic carbocycles. The zero-order valence-corrected chi connectivity index (χ0v) is 15.7. The normalized spacial score (nSPS) is 12.9. The van der Waals surface area contributed by atoms with E-state index in [1.807, 2.05) is 0 Å². The van der Waals surface area contributed by atoms with Crippen LogP contribution in [0.25, 0.3) is 0 Å². The Balaban J connectivity index is 3.02. The second kappa shape index (κ2) is 8.45. The minimum Gasteiger partial charge on any atom is -0.444 e. The van der Waals surface area contributed by atoms with Crippen LogP contribution in [0, 0.1) is 5.82 Å². The lowest BCUT2D eigenvalue weighted by Crippen LogP contribution is -2.36. The van der Waals surface area contributed by atoms with Crippen LogP contribution >= 0.6 is 0 Å². The molecule has 0 fully saturated rings. The topological polar surface area (TPSA) is 79.5 Å². The summed E-state index contributed by atoms with van der Waals surface area (Å²) in [5, 5.41) is 6.75. The Kier molecular flexibility index (Phi) is 7.05. The number of nitrogens with one attached hydrogen (secondary N) is 3. The molecule has 0 aliphatic heterocycles. The first-order valence-electron chi connectivity index (χ1n) is 8.09. The smallest absolute Gasteiger partial charge is 0.412 e. The average Bonchev–Trinajstić information content (AvgIpc) is 2.50. The van der Waals surface area contributed by atoms with Crippen molar-refractivity contribution in [2.24, 2.45) is 0 Å². The number of ether oxygens (including phenoxy) is 1. The van der Waals surface area contributed by atoms with E-state index in [1.165, 1.54) is 20.0 Å². The summed E-state index contributed by atoms with van der Waals surface area (Å²) >= 11 is 0. The molecule has 152 valence electrons. The molecule has 1 unspecified atom stereocenters. The number of alkyl halides is 3. The van der Waals surface area contributed by atoms with Crippen molar-refractivity contribution >= 4 is 23.4 Å². The van der Waals surface area contributed by atoms with Crippen LogP contribution in [0.2, 0.25) is 0 Å². The summed E-state index contributed by atoms with van der Waals surface area (Å²) in [5.41, 5.74) is -0.556. The zero-order valence-electron chi connectivity index (χ0n) is 15.7. The second-order valence-electron chi connectivity index (χ2n) is 6.85. The Bertz CT molecular complexity index is 700. The predicted octanol–water partition coefficient (Wildman–Crippen LogP) is 4.00. The van der Waals surface area contributed by atoms with Crippen molar-refractivity contribution in [1.82, 2.24) is 5.32 Å². The fourth-order valence-electron chi connectivity index (χ4n) is 2.15. The summed E-state index contributed by atoms with van der Waals surface area (Å²) in [7, 11) is 1.49. The van der Waals surface area contributed by atoms with E-state index in [-0.39, 0.29) is 16.9 Å². The molecule has 1 atom stereocenters. The number of anilines is 2. The zero-order chi connectivity index (χ0) is 21.0. The van der Waals surface area contributed by atoms with Gasteiger partial charge < -0.3 is 15.4 Å². The third kappa shape index (κ3) is 7.32. The number of amides is 2. The molecule has 0 aliphatic rings. The Morgan fingerprint density at radius 3 is 2.22 bits per heavy atom. The Morgan fingerprint density at radius 1 is 1.15 bits per heavy atom. The minimum absolute atomic E-state index is 0.143. The van der Waals surface area contributed by atoms with Crippen molar-refractivity contribution < 1.29 is 31.9 Å². The van der Waals surface area contributed by atoms with Gasteiger partial charge in [0.1, 0.15) is 18.0 Å². The first-order chi connectivity index (χ1) is 12.2. The number of carbonyl (C=O) groups is 2. The Labute approximate surface area is 154 Å². The maximum Gasteiger partial charge on any atom is 0.412 e. The van der Waals surface area contributed by atoms with E-state index < -0.39 is 42.1 Å². The number of halogens is 4. The lowest BCUT2D eigenvalue weighted by Gasteiger charge is -2.21. The van der Waals surface area contributed by atoms with E-state index in [2.05, 4.69) is 10.6 Å². The molecule has 1 rings (SSSR count). The summed E-state index contributed by atoms with van der Waals surface area (Å²) < 4.78 is 56.1. The number of carbonyl (C=O) groups excluding carboxylic acids is 2. The highest BCUT2D eigenvalue weighted by Crippen LogP contribution is 2.30. The molecule has 0 aromatic heterocycles. The van der Waals surface area contributed by atoms with E-state index >= 15 is 0 Å². The highest BCUT2D eigenvalue weighted by Gasteiger charge is 2.30. The molecule has 6 nitrogen and oxygen atoms in total. The van der Waals surface area contributed by atoms with Crippen LogP contribution < -0.4 is 16.0 Å². The van der Waals surface area contributed by atoms with Gasteiger partial charge in [0.2, 0.25) is 5.91 Å². The van der Waals surface area contributed by atoms with Crippen LogP contribution in [-0.2, 0) is 9.53 Å². The van der Waals surface area contributed by atoms with Crippen molar-refractivity contribution in [2.75, 3.05) is 24.2 Å². The molecule has 27 heavy (non-hydrogen) atoms. The minimum atomic E-state index is -4.55. The number of hydrogen-bond acceptors (Lipinski definition) is 4. The molecule has 2 amide bonds. The molecule has 0 saturated heterocycles. The first kappa shape index (κ1) is 22.5.